The third-order valence-electron chi connectivity index (χ3n) is 7.30. The van der Waals surface area contributed by atoms with Gasteiger partial charge in [-0.15, -0.1) is 10.2 Å². The largest absolute Gasteiger partial charge is 0.480 e. The van der Waals surface area contributed by atoms with Gasteiger partial charge in [0.25, 0.3) is 0 Å². The van der Waals surface area contributed by atoms with Crippen LogP contribution in [0.2, 0.25) is 0 Å². The fourth-order valence-electron chi connectivity index (χ4n) is 5.53. The van der Waals surface area contributed by atoms with E-state index in [2.05, 4.69) is 25.6 Å². The summed E-state index contributed by atoms with van der Waals surface area (Å²) in [5.41, 5.74) is -0.204. The second kappa shape index (κ2) is 8.46. The molecule has 3 aliphatic rings. The van der Waals surface area contributed by atoms with Crippen molar-refractivity contribution in [2.45, 2.75) is 76.4 Å². The summed E-state index contributed by atoms with van der Waals surface area (Å²) in [5.74, 6) is 0.403. The lowest BCUT2D eigenvalue weighted by Crippen LogP contribution is -2.50. The maximum absolute atomic E-state index is 12.0. The zero-order valence-corrected chi connectivity index (χ0v) is 18.6. The molecular formula is C21H34N6O4. The Bertz CT molecular complexity index is 821. The van der Waals surface area contributed by atoms with Crippen molar-refractivity contribution in [1.29, 1.82) is 0 Å². The molecule has 1 aromatic rings. The van der Waals surface area contributed by atoms with Gasteiger partial charge in [0, 0.05) is 18.5 Å². The molecule has 10 heteroatoms. The fourth-order valence-corrected chi connectivity index (χ4v) is 5.53. The van der Waals surface area contributed by atoms with E-state index in [-0.39, 0.29) is 11.5 Å². The van der Waals surface area contributed by atoms with Crippen LogP contribution in [0.1, 0.15) is 64.7 Å². The average Bonchev–Trinajstić information content (AvgIpc) is 3.34. The molecule has 0 radical (unpaired) electrons. The number of carbonyl (C=O) groups is 2. The number of likely N-dealkylation sites (tertiary alicyclic amines) is 1. The molecule has 31 heavy (non-hydrogen) atoms. The molecule has 2 aliphatic heterocycles. The van der Waals surface area contributed by atoms with E-state index in [1.54, 1.807) is 4.80 Å². The second-order valence-electron chi connectivity index (χ2n) is 10.6. The third kappa shape index (κ3) is 4.74. The number of carboxylic acid groups (broad SMARTS) is 2. The van der Waals surface area contributed by atoms with Gasteiger partial charge in [0.15, 0.2) is 5.82 Å². The maximum Gasteiger partial charge on any atom is 0.321 e. The fraction of sp³-hybridized carbons (Fsp3) is 0.857. The van der Waals surface area contributed by atoms with Gasteiger partial charge in [-0.25, -0.2) is 0 Å². The number of nitrogens with zero attached hydrogens (tertiary/aromatic N) is 5. The van der Waals surface area contributed by atoms with Crippen LogP contribution in [-0.2, 0) is 15.0 Å². The summed E-state index contributed by atoms with van der Waals surface area (Å²) in [6.07, 6.45) is 4.24. The number of aromatic nitrogens is 4. The molecule has 2 saturated heterocycles. The Hall–Kier alpha value is -2.07. The molecule has 1 aromatic heterocycles. The van der Waals surface area contributed by atoms with E-state index >= 15 is 0 Å². The highest BCUT2D eigenvalue weighted by Crippen LogP contribution is 2.40. The van der Waals surface area contributed by atoms with E-state index < -0.39 is 24.0 Å². The Labute approximate surface area is 182 Å². The molecule has 1 saturated carbocycles. The van der Waals surface area contributed by atoms with Crippen LogP contribution in [-0.4, -0.2) is 79.0 Å². The first kappa shape index (κ1) is 22.1. The smallest absolute Gasteiger partial charge is 0.321 e. The Morgan fingerprint density at radius 3 is 2.52 bits per heavy atom. The van der Waals surface area contributed by atoms with Crippen LogP contribution in [0.15, 0.2) is 0 Å². The molecule has 1 aliphatic carbocycles. The van der Waals surface area contributed by atoms with Crippen LogP contribution in [0.5, 0.6) is 0 Å². The minimum Gasteiger partial charge on any atom is -0.480 e. The lowest BCUT2D eigenvalue weighted by Gasteiger charge is -2.42. The molecule has 6 unspecified atom stereocenters. The van der Waals surface area contributed by atoms with Gasteiger partial charge in [-0.3, -0.25) is 14.5 Å². The van der Waals surface area contributed by atoms with Crippen LogP contribution in [0.3, 0.4) is 0 Å². The summed E-state index contributed by atoms with van der Waals surface area (Å²) in [7, 11) is 0. The molecule has 3 fully saturated rings. The van der Waals surface area contributed by atoms with Gasteiger partial charge in [-0.05, 0) is 61.6 Å². The van der Waals surface area contributed by atoms with Crippen molar-refractivity contribution >= 4 is 11.9 Å². The van der Waals surface area contributed by atoms with Crippen molar-refractivity contribution in [3.05, 3.63) is 5.82 Å². The monoisotopic (exact) mass is 434 g/mol. The topological polar surface area (TPSA) is 133 Å². The molecule has 0 spiro atoms. The molecular weight excluding hydrogens is 400 g/mol. The Balaban J connectivity index is 1.41. The number of hydrogen-bond acceptors (Lipinski definition) is 7. The van der Waals surface area contributed by atoms with Gasteiger partial charge in [-0.1, -0.05) is 20.8 Å². The number of nitrogens with one attached hydrogen (secondary N) is 1. The van der Waals surface area contributed by atoms with Crippen molar-refractivity contribution in [2.75, 3.05) is 19.6 Å². The van der Waals surface area contributed by atoms with E-state index in [4.69, 9.17) is 0 Å². The first-order valence-corrected chi connectivity index (χ1v) is 11.3. The van der Waals surface area contributed by atoms with Crippen LogP contribution in [0.4, 0.5) is 0 Å². The number of tetrazole rings is 1. The highest BCUT2D eigenvalue weighted by atomic mass is 16.4. The molecule has 6 atom stereocenters. The Morgan fingerprint density at radius 1 is 1.10 bits per heavy atom. The van der Waals surface area contributed by atoms with Gasteiger partial charge < -0.3 is 15.5 Å². The van der Waals surface area contributed by atoms with Gasteiger partial charge in [0.1, 0.15) is 12.1 Å². The minimum absolute atomic E-state index is 0.101. The summed E-state index contributed by atoms with van der Waals surface area (Å²) < 4.78 is 0. The highest BCUT2D eigenvalue weighted by Gasteiger charge is 2.42. The molecule has 0 aromatic carbocycles. The van der Waals surface area contributed by atoms with Crippen LogP contribution in [0.25, 0.3) is 0 Å². The predicted octanol–water partition coefficient (Wildman–Crippen LogP) is 1.15. The number of carboxylic acids is 2. The predicted molar refractivity (Wildman–Crippen MR) is 112 cm³/mol. The van der Waals surface area contributed by atoms with Crippen molar-refractivity contribution in [2.24, 2.45) is 17.8 Å². The molecule has 4 rings (SSSR count). The number of hydrogen-bond donors (Lipinski definition) is 3. The first-order chi connectivity index (χ1) is 14.6. The van der Waals surface area contributed by atoms with Crippen molar-refractivity contribution < 1.29 is 19.8 Å². The molecule has 3 heterocycles. The van der Waals surface area contributed by atoms with E-state index in [1.807, 2.05) is 20.8 Å². The van der Waals surface area contributed by atoms with Gasteiger partial charge >= 0.3 is 11.9 Å². The number of piperidine rings is 1. The third-order valence-corrected chi connectivity index (χ3v) is 7.30. The lowest BCUT2D eigenvalue weighted by molar-refractivity contribution is -0.143. The summed E-state index contributed by atoms with van der Waals surface area (Å²) in [6.45, 7) is 8.18. The van der Waals surface area contributed by atoms with E-state index in [1.165, 1.54) is 0 Å². The van der Waals surface area contributed by atoms with Crippen LogP contribution >= 0.6 is 0 Å². The summed E-state index contributed by atoms with van der Waals surface area (Å²) >= 11 is 0. The minimum atomic E-state index is -0.805. The second-order valence-corrected chi connectivity index (χ2v) is 10.6. The van der Waals surface area contributed by atoms with Gasteiger partial charge in [-0.2, -0.15) is 4.80 Å². The number of aliphatic carboxylic acids is 2. The lowest BCUT2D eigenvalue weighted by atomic mass is 9.69. The zero-order chi connectivity index (χ0) is 22.3. The van der Waals surface area contributed by atoms with Gasteiger partial charge in [0.05, 0.1) is 6.04 Å². The van der Waals surface area contributed by atoms with Crippen molar-refractivity contribution in [3.8, 4) is 0 Å². The number of fused-ring (bicyclic) bond motifs is 1. The summed E-state index contributed by atoms with van der Waals surface area (Å²) in [4.78, 5) is 27.0. The molecule has 3 N–H and O–H groups in total. The zero-order valence-electron chi connectivity index (χ0n) is 18.6. The first-order valence-electron chi connectivity index (χ1n) is 11.3. The van der Waals surface area contributed by atoms with Crippen molar-refractivity contribution in [3.63, 3.8) is 0 Å². The molecule has 0 amide bonds. The van der Waals surface area contributed by atoms with E-state index in [0.717, 1.165) is 32.4 Å². The van der Waals surface area contributed by atoms with E-state index in [0.29, 0.717) is 43.0 Å². The average molecular weight is 435 g/mol. The standard InChI is InChI=1S/C21H34N6O4/c1-21(2,3)20-23-25-27(24-20)15-8-17(19(30)31)26(11-15)10-12-4-5-13-9-22-16(18(28)29)7-14(13)6-12/h12-17,22H,4-11H2,1-3H3,(H,28,29)(H,30,31). The van der Waals surface area contributed by atoms with E-state index in [9.17, 15) is 19.8 Å². The quantitative estimate of drug-likeness (QED) is 0.624. The van der Waals surface area contributed by atoms with Crippen LogP contribution in [0, 0.1) is 17.8 Å². The molecule has 0 bridgehead atoms. The molecule has 10 nitrogen and oxygen atoms in total. The molecule has 172 valence electrons. The SMILES string of the molecule is CC(C)(C)c1nnn(C2CC(C(=O)O)N(CC3CCC4CNC(C(=O)O)CC4C3)C2)n1. The summed E-state index contributed by atoms with van der Waals surface area (Å²) in [5, 5.41) is 35.2. The number of rotatable bonds is 5. The van der Waals surface area contributed by atoms with Crippen LogP contribution < -0.4 is 5.32 Å². The maximum atomic E-state index is 12.0. The van der Waals surface area contributed by atoms with Gasteiger partial charge in [0.2, 0.25) is 0 Å². The normalized spacial score (nSPS) is 34.4. The highest BCUT2D eigenvalue weighted by molar-refractivity contribution is 5.74. The Morgan fingerprint density at radius 2 is 1.87 bits per heavy atom. The van der Waals surface area contributed by atoms with Crippen molar-refractivity contribution in [1.82, 2.24) is 30.4 Å². The Kier molecular flexibility index (Phi) is 6.04. The summed E-state index contributed by atoms with van der Waals surface area (Å²) in [6, 6.07) is -1.11.